The summed E-state index contributed by atoms with van der Waals surface area (Å²) in [4.78, 5) is 9.93. The van der Waals surface area contributed by atoms with Gasteiger partial charge in [-0.2, -0.15) is 36.7 Å². The lowest BCUT2D eigenvalue weighted by Gasteiger charge is -2.16. The number of benzene rings is 1. The number of hydrogen-bond donors (Lipinski definition) is 0. The molecule has 1 unspecified atom stereocenters. The van der Waals surface area contributed by atoms with Crippen LogP contribution in [0.2, 0.25) is 10.0 Å². The van der Waals surface area contributed by atoms with E-state index in [0.29, 0.717) is 16.8 Å². The lowest BCUT2D eigenvalue weighted by molar-refractivity contribution is -0.140. The molecule has 0 amide bonds. The van der Waals surface area contributed by atoms with E-state index in [9.17, 15) is 36.4 Å². The second-order valence-electron chi connectivity index (χ2n) is 5.68. The standard InChI is InChI=1S/C16H8BrCl2F6N3O2S/c1-30-14(29)7(17)4-11-13(31-16(23,24)25)10(5-26)27-28(11)12-8(18)2-6(3-9(12)19)15(20,21)22/h2-3,7H,4H2,1H3. The van der Waals surface area contributed by atoms with E-state index >= 15 is 0 Å². The Bertz CT molecular complexity index is 1030. The number of alkyl halides is 7. The highest BCUT2D eigenvalue weighted by atomic mass is 79.9. The highest BCUT2D eigenvalue weighted by molar-refractivity contribution is 9.10. The first kappa shape index (κ1) is 25.6. The molecule has 168 valence electrons. The van der Waals surface area contributed by atoms with Gasteiger partial charge in [-0.3, -0.25) is 4.79 Å². The summed E-state index contributed by atoms with van der Waals surface area (Å²) >= 11 is 14.2. The van der Waals surface area contributed by atoms with Crippen molar-refractivity contribution in [2.75, 3.05) is 7.11 Å². The maximum Gasteiger partial charge on any atom is 0.446 e. The van der Waals surface area contributed by atoms with Crippen molar-refractivity contribution >= 4 is 56.9 Å². The second kappa shape index (κ2) is 9.48. The van der Waals surface area contributed by atoms with Crippen LogP contribution in [0.4, 0.5) is 26.3 Å². The van der Waals surface area contributed by atoms with E-state index in [-0.39, 0.29) is 11.4 Å². The Kier molecular flexibility index (Phi) is 7.84. The van der Waals surface area contributed by atoms with E-state index in [2.05, 4.69) is 25.8 Å². The van der Waals surface area contributed by atoms with Crippen LogP contribution < -0.4 is 0 Å². The molecule has 0 aliphatic heterocycles. The Labute approximate surface area is 193 Å². The SMILES string of the molecule is COC(=O)C(Br)Cc1c(SC(F)(F)F)c(C#N)nn1-c1c(Cl)cc(C(F)(F)F)cc1Cl. The Morgan fingerprint density at radius 1 is 1.29 bits per heavy atom. The van der Waals surface area contributed by atoms with Crippen LogP contribution in [0.1, 0.15) is 17.0 Å². The van der Waals surface area contributed by atoms with Gasteiger partial charge in [0, 0.05) is 6.42 Å². The first-order valence-electron chi connectivity index (χ1n) is 7.75. The molecule has 0 saturated heterocycles. The van der Waals surface area contributed by atoms with Crippen molar-refractivity contribution in [3.63, 3.8) is 0 Å². The fourth-order valence-corrected chi connectivity index (χ4v) is 4.25. The number of esters is 1. The van der Waals surface area contributed by atoms with Crippen molar-refractivity contribution in [3.05, 3.63) is 39.1 Å². The zero-order valence-corrected chi connectivity index (χ0v) is 18.8. The number of nitriles is 1. The van der Waals surface area contributed by atoms with E-state index in [1.807, 2.05) is 0 Å². The van der Waals surface area contributed by atoms with Gasteiger partial charge >= 0.3 is 17.7 Å². The first-order valence-corrected chi connectivity index (χ1v) is 10.2. The minimum absolute atomic E-state index is 0.338. The van der Waals surface area contributed by atoms with Gasteiger partial charge in [0.15, 0.2) is 5.69 Å². The van der Waals surface area contributed by atoms with Gasteiger partial charge in [0.2, 0.25) is 0 Å². The summed E-state index contributed by atoms with van der Waals surface area (Å²) in [5.74, 6) is -0.848. The van der Waals surface area contributed by atoms with Crippen LogP contribution in [0, 0.1) is 11.3 Å². The monoisotopic (exact) mass is 569 g/mol. The molecule has 15 heteroatoms. The molecule has 0 fully saturated rings. The van der Waals surface area contributed by atoms with E-state index in [1.165, 1.54) is 6.07 Å². The molecule has 0 aliphatic carbocycles. The minimum Gasteiger partial charge on any atom is -0.468 e. The minimum atomic E-state index is -4.84. The van der Waals surface area contributed by atoms with Crippen LogP contribution in [0.15, 0.2) is 17.0 Å². The van der Waals surface area contributed by atoms with Crippen LogP contribution >= 0.6 is 50.9 Å². The molecule has 1 atom stereocenters. The molecule has 0 radical (unpaired) electrons. The molecule has 1 aromatic carbocycles. The lowest BCUT2D eigenvalue weighted by atomic mass is 10.1. The van der Waals surface area contributed by atoms with Gasteiger partial charge in [0.05, 0.1) is 33.3 Å². The van der Waals surface area contributed by atoms with Gasteiger partial charge in [-0.15, -0.1) is 0 Å². The summed E-state index contributed by atoms with van der Waals surface area (Å²) in [5, 5.41) is 11.8. The van der Waals surface area contributed by atoms with Crippen LogP contribution in [0.25, 0.3) is 5.69 Å². The smallest absolute Gasteiger partial charge is 0.446 e. The summed E-state index contributed by atoms with van der Waals surface area (Å²) in [5.41, 5.74) is -7.45. The summed E-state index contributed by atoms with van der Waals surface area (Å²) in [6, 6.07) is 2.52. The van der Waals surface area contributed by atoms with Crippen molar-refractivity contribution in [2.45, 2.75) is 27.8 Å². The van der Waals surface area contributed by atoms with E-state index in [0.717, 1.165) is 7.11 Å². The van der Waals surface area contributed by atoms with E-state index < -0.39 is 66.9 Å². The zero-order chi connectivity index (χ0) is 23.7. The van der Waals surface area contributed by atoms with Crippen molar-refractivity contribution in [3.8, 4) is 11.8 Å². The number of methoxy groups -OCH3 is 1. The Morgan fingerprint density at radius 3 is 2.26 bits per heavy atom. The number of rotatable bonds is 5. The molecule has 0 aliphatic rings. The molecule has 31 heavy (non-hydrogen) atoms. The van der Waals surface area contributed by atoms with Gasteiger partial charge in [0.25, 0.3) is 0 Å². The third-order valence-electron chi connectivity index (χ3n) is 3.64. The summed E-state index contributed by atoms with van der Waals surface area (Å²) in [7, 11) is 1.05. The summed E-state index contributed by atoms with van der Waals surface area (Å²) in [6.07, 6.45) is -5.27. The normalized spacial score (nSPS) is 13.1. The highest BCUT2D eigenvalue weighted by Gasteiger charge is 2.37. The number of nitrogens with zero attached hydrogens (tertiary/aromatic N) is 3. The van der Waals surface area contributed by atoms with Crippen molar-refractivity contribution in [1.29, 1.82) is 5.26 Å². The molecule has 0 spiro atoms. The molecule has 2 rings (SSSR count). The number of carbonyl (C=O) groups excluding carboxylic acids is 1. The average Bonchev–Trinajstić information content (AvgIpc) is 2.95. The molecule has 5 nitrogen and oxygen atoms in total. The maximum absolute atomic E-state index is 13.1. The third-order valence-corrected chi connectivity index (χ3v) is 5.78. The van der Waals surface area contributed by atoms with Gasteiger partial charge in [-0.1, -0.05) is 39.1 Å². The molecule has 1 heterocycles. The molecule has 0 saturated carbocycles. The fourth-order valence-electron chi connectivity index (χ4n) is 2.41. The van der Waals surface area contributed by atoms with E-state index in [4.69, 9.17) is 23.2 Å². The van der Waals surface area contributed by atoms with Crippen molar-refractivity contribution in [1.82, 2.24) is 9.78 Å². The molecule has 0 bridgehead atoms. The predicted octanol–water partition coefficient (Wildman–Crippen LogP) is 6.16. The quantitative estimate of drug-likeness (QED) is 0.186. The Hall–Kier alpha value is -1.62. The van der Waals surface area contributed by atoms with Gasteiger partial charge in [-0.25, -0.2) is 4.68 Å². The number of carbonyl (C=O) groups is 1. The highest BCUT2D eigenvalue weighted by Crippen LogP contribution is 2.44. The fraction of sp³-hybridized carbons (Fsp3) is 0.312. The van der Waals surface area contributed by atoms with Crippen LogP contribution in [-0.2, 0) is 22.1 Å². The summed E-state index contributed by atoms with van der Waals surface area (Å²) < 4.78 is 83.5. The van der Waals surface area contributed by atoms with Crippen LogP contribution in [0.3, 0.4) is 0 Å². The van der Waals surface area contributed by atoms with Gasteiger partial charge in [0.1, 0.15) is 16.6 Å². The number of aromatic nitrogens is 2. The third kappa shape index (κ3) is 6.00. The van der Waals surface area contributed by atoms with Gasteiger partial charge in [-0.05, 0) is 23.9 Å². The Balaban J connectivity index is 2.78. The van der Waals surface area contributed by atoms with Crippen LogP contribution in [-0.4, -0.2) is 33.2 Å². The van der Waals surface area contributed by atoms with Crippen LogP contribution in [0.5, 0.6) is 0 Å². The molecular formula is C16H8BrCl2F6N3O2S. The zero-order valence-electron chi connectivity index (χ0n) is 14.9. The first-order chi connectivity index (χ1) is 14.2. The number of hydrogen-bond acceptors (Lipinski definition) is 5. The number of halogens is 9. The molecule has 2 aromatic rings. The average molecular weight is 571 g/mol. The van der Waals surface area contributed by atoms with Crippen molar-refractivity contribution in [2.24, 2.45) is 0 Å². The summed E-state index contributed by atoms with van der Waals surface area (Å²) in [6.45, 7) is 0. The second-order valence-corrected chi connectivity index (χ2v) is 8.67. The number of ether oxygens (including phenoxy) is 1. The number of thioether (sulfide) groups is 1. The van der Waals surface area contributed by atoms with Gasteiger partial charge < -0.3 is 4.74 Å². The molecule has 0 N–H and O–H groups in total. The lowest BCUT2D eigenvalue weighted by Crippen LogP contribution is -2.20. The largest absolute Gasteiger partial charge is 0.468 e. The molecular weight excluding hydrogens is 563 g/mol. The Morgan fingerprint density at radius 2 is 1.84 bits per heavy atom. The van der Waals surface area contributed by atoms with E-state index in [1.54, 1.807) is 0 Å². The maximum atomic E-state index is 13.1. The topological polar surface area (TPSA) is 67.9 Å². The predicted molar refractivity (Wildman–Crippen MR) is 104 cm³/mol. The van der Waals surface area contributed by atoms with Crippen molar-refractivity contribution < 1.29 is 35.9 Å². The molecule has 1 aromatic heterocycles.